The molecule has 1 N–H and O–H groups in total. The molecule has 28 heavy (non-hydrogen) atoms. The van der Waals surface area contributed by atoms with Gasteiger partial charge in [-0.05, 0) is 43.7 Å². The van der Waals surface area contributed by atoms with E-state index in [9.17, 15) is 4.79 Å². The van der Waals surface area contributed by atoms with Gasteiger partial charge in [0.2, 0.25) is 5.91 Å². The van der Waals surface area contributed by atoms with Crippen LogP contribution in [0.3, 0.4) is 0 Å². The molecule has 144 valence electrons. The van der Waals surface area contributed by atoms with Gasteiger partial charge in [0.15, 0.2) is 0 Å². The summed E-state index contributed by atoms with van der Waals surface area (Å²) in [6.45, 7) is 3.88. The lowest BCUT2D eigenvalue weighted by Crippen LogP contribution is -2.23. The number of pyridine rings is 1. The van der Waals surface area contributed by atoms with Gasteiger partial charge in [0, 0.05) is 55.6 Å². The van der Waals surface area contributed by atoms with Crippen molar-refractivity contribution < 1.29 is 9.53 Å². The normalized spacial score (nSPS) is 11.0. The maximum absolute atomic E-state index is 12.1. The first-order chi connectivity index (χ1) is 13.8. The number of nitrogens with zero attached hydrogens (tertiary/aromatic N) is 3. The van der Waals surface area contributed by atoms with Crippen LogP contribution in [-0.4, -0.2) is 40.4 Å². The molecule has 2 heterocycles. The van der Waals surface area contributed by atoms with Crippen molar-refractivity contribution >= 4 is 12.0 Å². The van der Waals surface area contributed by atoms with Crippen LogP contribution < -0.4 is 5.32 Å². The topological polar surface area (TPSA) is 69.0 Å². The van der Waals surface area contributed by atoms with E-state index in [0.29, 0.717) is 19.8 Å². The van der Waals surface area contributed by atoms with Crippen LogP contribution in [-0.2, 0) is 9.53 Å². The van der Waals surface area contributed by atoms with E-state index in [1.54, 1.807) is 18.5 Å². The fourth-order valence-corrected chi connectivity index (χ4v) is 2.70. The highest BCUT2D eigenvalue weighted by atomic mass is 16.5. The molecule has 6 heteroatoms. The highest BCUT2D eigenvalue weighted by Gasteiger charge is 2.11. The van der Waals surface area contributed by atoms with Gasteiger partial charge in [-0.1, -0.05) is 18.2 Å². The van der Waals surface area contributed by atoms with Gasteiger partial charge >= 0.3 is 0 Å². The average molecular weight is 376 g/mol. The monoisotopic (exact) mass is 376 g/mol. The van der Waals surface area contributed by atoms with E-state index in [-0.39, 0.29) is 5.91 Å². The first kappa shape index (κ1) is 19.5. The number of para-hydroxylation sites is 1. The van der Waals surface area contributed by atoms with Gasteiger partial charge in [-0.3, -0.25) is 9.78 Å². The first-order valence-corrected chi connectivity index (χ1v) is 9.37. The van der Waals surface area contributed by atoms with E-state index in [1.165, 1.54) is 6.08 Å². The molecular formula is C22H24N4O2. The lowest BCUT2D eigenvalue weighted by atomic mass is 10.1. The second kappa shape index (κ2) is 10.2. The lowest BCUT2D eigenvalue weighted by Gasteiger charge is -2.02. The predicted octanol–water partition coefficient (Wildman–Crippen LogP) is 3.49. The number of carbonyl (C=O) groups is 1. The molecule has 0 saturated carbocycles. The average Bonchev–Trinajstić information content (AvgIpc) is 3.18. The van der Waals surface area contributed by atoms with Crippen LogP contribution in [0.1, 0.15) is 18.9 Å². The molecule has 3 rings (SSSR count). The zero-order chi connectivity index (χ0) is 19.6. The van der Waals surface area contributed by atoms with Crippen molar-refractivity contribution in [3.63, 3.8) is 0 Å². The molecule has 0 aliphatic rings. The van der Waals surface area contributed by atoms with Crippen LogP contribution in [0.25, 0.3) is 23.0 Å². The van der Waals surface area contributed by atoms with Crippen molar-refractivity contribution in [2.24, 2.45) is 0 Å². The number of ether oxygens (including phenoxy) is 1. The second-order valence-corrected chi connectivity index (χ2v) is 6.13. The van der Waals surface area contributed by atoms with Crippen LogP contribution >= 0.6 is 0 Å². The Morgan fingerprint density at radius 3 is 2.82 bits per heavy atom. The quantitative estimate of drug-likeness (QED) is 0.458. The Kier molecular flexibility index (Phi) is 7.09. The Balaban J connectivity index is 1.77. The first-order valence-electron chi connectivity index (χ1n) is 9.37. The van der Waals surface area contributed by atoms with Gasteiger partial charge in [0.05, 0.1) is 5.69 Å². The smallest absolute Gasteiger partial charge is 0.244 e. The number of aromatic nitrogens is 3. The molecule has 0 saturated heterocycles. The summed E-state index contributed by atoms with van der Waals surface area (Å²) in [5.41, 5.74) is 3.47. The number of carbonyl (C=O) groups excluding carboxylic acids is 1. The lowest BCUT2D eigenvalue weighted by molar-refractivity contribution is -0.116. The van der Waals surface area contributed by atoms with Crippen molar-refractivity contribution in [3.05, 3.63) is 72.7 Å². The van der Waals surface area contributed by atoms with Crippen LogP contribution in [0.4, 0.5) is 0 Å². The fourth-order valence-electron chi connectivity index (χ4n) is 2.70. The van der Waals surface area contributed by atoms with Gasteiger partial charge in [0.1, 0.15) is 5.69 Å². The number of rotatable bonds is 9. The van der Waals surface area contributed by atoms with E-state index in [4.69, 9.17) is 9.84 Å². The fraction of sp³-hybridized carbons (Fsp3) is 0.227. The number of hydrogen-bond acceptors (Lipinski definition) is 4. The SMILES string of the molecule is CCOCCCNC(=O)/C=C/c1cn(-c2ccccc2)nc1-c1cccnc1. The summed E-state index contributed by atoms with van der Waals surface area (Å²) in [5, 5.41) is 7.57. The minimum absolute atomic E-state index is 0.138. The van der Waals surface area contributed by atoms with E-state index < -0.39 is 0 Å². The number of amides is 1. The minimum atomic E-state index is -0.138. The second-order valence-electron chi connectivity index (χ2n) is 6.13. The summed E-state index contributed by atoms with van der Waals surface area (Å²) >= 11 is 0. The van der Waals surface area contributed by atoms with Crippen molar-refractivity contribution in [1.82, 2.24) is 20.1 Å². The standard InChI is InChI=1S/C22H24N4O2/c1-2-28-15-7-14-24-21(27)12-11-19-17-26(20-9-4-3-5-10-20)25-22(19)18-8-6-13-23-16-18/h3-6,8-13,16-17H,2,7,14-15H2,1H3,(H,24,27)/b12-11+. The molecular weight excluding hydrogens is 352 g/mol. The Morgan fingerprint density at radius 1 is 1.21 bits per heavy atom. The van der Waals surface area contributed by atoms with E-state index in [0.717, 1.165) is 28.9 Å². The Labute approximate surface area is 164 Å². The minimum Gasteiger partial charge on any atom is -0.382 e. The zero-order valence-electron chi connectivity index (χ0n) is 15.9. The van der Waals surface area contributed by atoms with E-state index in [2.05, 4.69) is 10.3 Å². The highest BCUT2D eigenvalue weighted by Crippen LogP contribution is 2.24. The molecule has 0 aliphatic heterocycles. The Bertz CT molecular complexity index is 905. The largest absolute Gasteiger partial charge is 0.382 e. The number of nitrogens with one attached hydrogen (secondary N) is 1. The molecule has 0 radical (unpaired) electrons. The molecule has 0 bridgehead atoms. The van der Waals surface area contributed by atoms with Crippen molar-refractivity contribution in [2.45, 2.75) is 13.3 Å². The van der Waals surface area contributed by atoms with Crippen molar-refractivity contribution in [2.75, 3.05) is 19.8 Å². The number of hydrogen-bond donors (Lipinski definition) is 1. The van der Waals surface area contributed by atoms with Crippen LogP contribution in [0.5, 0.6) is 0 Å². The predicted molar refractivity (Wildman–Crippen MR) is 110 cm³/mol. The van der Waals surface area contributed by atoms with Gasteiger partial charge in [-0.15, -0.1) is 0 Å². The van der Waals surface area contributed by atoms with Crippen LogP contribution in [0.2, 0.25) is 0 Å². The van der Waals surface area contributed by atoms with Gasteiger partial charge in [0.25, 0.3) is 0 Å². The number of benzene rings is 1. The third kappa shape index (κ3) is 5.37. The molecule has 0 aliphatic carbocycles. The molecule has 2 aromatic heterocycles. The summed E-state index contributed by atoms with van der Waals surface area (Å²) in [4.78, 5) is 16.3. The summed E-state index contributed by atoms with van der Waals surface area (Å²) < 4.78 is 7.08. The van der Waals surface area contributed by atoms with Crippen LogP contribution in [0, 0.1) is 0 Å². The van der Waals surface area contributed by atoms with Crippen molar-refractivity contribution in [3.8, 4) is 16.9 Å². The maximum atomic E-state index is 12.1. The van der Waals surface area contributed by atoms with E-state index in [1.807, 2.05) is 60.3 Å². The van der Waals surface area contributed by atoms with Crippen molar-refractivity contribution in [1.29, 1.82) is 0 Å². The van der Waals surface area contributed by atoms with Gasteiger partial charge < -0.3 is 10.1 Å². The molecule has 0 atom stereocenters. The summed E-state index contributed by atoms with van der Waals surface area (Å²) in [5.74, 6) is -0.138. The maximum Gasteiger partial charge on any atom is 0.244 e. The summed E-state index contributed by atoms with van der Waals surface area (Å²) in [6.07, 6.45) is 9.52. The van der Waals surface area contributed by atoms with Gasteiger partial charge in [-0.2, -0.15) is 5.10 Å². The van der Waals surface area contributed by atoms with E-state index >= 15 is 0 Å². The molecule has 0 unspecified atom stereocenters. The molecule has 1 amide bonds. The molecule has 6 nitrogen and oxygen atoms in total. The van der Waals surface area contributed by atoms with Crippen LogP contribution in [0.15, 0.2) is 67.1 Å². The third-order valence-electron chi connectivity index (χ3n) is 4.08. The molecule has 0 spiro atoms. The summed E-state index contributed by atoms with van der Waals surface area (Å²) in [7, 11) is 0. The highest BCUT2D eigenvalue weighted by molar-refractivity contribution is 5.92. The molecule has 1 aromatic carbocycles. The zero-order valence-corrected chi connectivity index (χ0v) is 15.9. The Hall–Kier alpha value is -3.25. The third-order valence-corrected chi connectivity index (χ3v) is 4.08. The summed E-state index contributed by atoms with van der Waals surface area (Å²) in [6, 6.07) is 13.7. The molecule has 0 fully saturated rings. The Morgan fingerprint density at radius 2 is 2.07 bits per heavy atom. The molecule has 3 aromatic rings. The van der Waals surface area contributed by atoms with Gasteiger partial charge in [-0.25, -0.2) is 4.68 Å².